The molecule has 1 heterocycles. The maximum Gasteiger partial charge on any atom is 0.233 e. The molecule has 6 nitrogen and oxygen atoms in total. The summed E-state index contributed by atoms with van der Waals surface area (Å²) < 4.78 is 0. The summed E-state index contributed by atoms with van der Waals surface area (Å²) in [7, 11) is 0. The van der Waals surface area contributed by atoms with Crippen LogP contribution in [0.2, 0.25) is 0 Å². The Hall–Kier alpha value is -2.63. The summed E-state index contributed by atoms with van der Waals surface area (Å²) in [5.74, 6) is 1.00. The number of likely N-dealkylation sites (tertiary alicyclic amines) is 1. The molecular weight excluding hydrogens is 352 g/mol. The zero-order valence-corrected chi connectivity index (χ0v) is 16.5. The molecule has 1 aromatic rings. The fourth-order valence-electron chi connectivity index (χ4n) is 4.68. The van der Waals surface area contributed by atoms with Gasteiger partial charge in [0, 0.05) is 19.6 Å². The van der Waals surface area contributed by atoms with E-state index in [0.717, 1.165) is 18.5 Å². The van der Waals surface area contributed by atoms with Crippen molar-refractivity contribution in [1.82, 2.24) is 15.5 Å². The van der Waals surface area contributed by atoms with Gasteiger partial charge in [0.2, 0.25) is 11.8 Å². The summed E-state index contributed by atoms with van der Waals surface area (Å²) in [6.45, 7) is 6.30. The van der Waals surface area contributed by atoms with Gasteiger partial charge in [-0.15, -0.1) is 0 Å². The highest BCUT2D eigenvalue weighted by Crippen LogP contribution is 2.52. The molecule has 2 N–H and O–H groups in total. The van der Waals surface area contributed by atoms with Crippen molar-refractivity contribution in [3.8, 4) is 0 Å². The Labute approximate surface area is 166 Å². The molecule has 0 radical (unpaired) electrons. The molecule has 1 aliphatic heterocycles. The number of carbonyl (C=O) groups is 2. The number of aryl methyl sites for hydroxylation is 1. The van der Waals surface area contributed by atoms with E-state index in [4.69, 9.17) is 0 Å². The predicted molar refractivity (Wildman–Crippen MR) is 108 cm³/mol. The Morgan fingerprint density at radius 2 is 1.71 bits per heavy atom. The van der Waals surface area contributed by atoms with Gasteiger partial charge in [-0.1, -0.05) is 42.0 Å². The topological polar surface area (TPSA) is 73.8 Å². The van der Waals surface area contributed by atoms with E-state index in [-0.39, 0.29) is 35.5 Å². The van der Waals surface area contributed by atoms with Gasteiger partial charge in [0.25, 0.3) is 0 Å². The van der Waals surface area contributed by atoms with Crippen LogP contribution in [-0.2, 0) is 16.1 Å². The Morgan fingerprint density at radius 3 is 2.32 bits per heavy atom. The fraction of sp³-hybridized carbons (Fsp3) is 0.500. The lowest BCUT2D eigenvalue weighted by atomic mass is 9.85. The average Bonchev–Trinajstić information content (AvgIpc) is 3.37. The molecule has 4 unspecified atom stereocenters. The van der Waals surface area contributed by atoms with Crippen molar-refractivity contribution in [3.63, 3.8) is 0 Å². The van der Waals surface area contributed by atoms with E-state index in [1.54, 1.807) is 0 Å². The minimum Gasteiger partial charge on any atom is -0.357 e. The van der Waals surface area contributed by atoms with Crippen LogP contribution in [-0.4, -0.2) is 42.3 Å². The Bertz CT molecular complexity index is 784. The molecule has 1 saturated heterocycles. The molecule has 0 spiro atoms. The number of carbonyl (C=O) groups excluding carboxylic acids is 2. The molecule has 2 fully saturated rings. The lowest BCUT2D eigenvalue weighted by molar-refractivity contribution is -0.140. The number of guanidine groups is 1. The van der Waals surface area contributed by atoms with Crippen LogP contribution in [0.25, 0.3) is 0 Å². The zero-order chi connectivity index (χ0) is 19.7. The van der Waals surface area contributed by atoms with E-state index in [9.17, 15) is 9.59 Å². The van der Waals surface area contributed by atoms with Gasteiger partial charge in [0.1, 0.15) is 0 Å². The number of hydrogen-bond donors (Lipinski definition) is 2. The first-order chi connectivity index (χ1) is 13.6. The third kappa shape index (κ3) is 3.43. The Balaban J connectivity index is 1.32. The number of aliphatic imine (C=N–C) groups is 1. The third-order valence-electron chi connectivity index (χ3n) is 6.07. The minimum atomic E-state index is -0.119. The molecule has 6 heteroatoms. The van der Waals surface area contributed by atoms with E-state index in [2.05, 4.69) is 59.0 Å². The molecule has 4 rings (SSSR count). The quantitative estimate of drug-likeness (QED) is 0.342. The SMILES string of the molecule is CCNC(=NCc1ccc(C)cc1)NCCN1C(=O)C2C3C=CC(C3)C2C1=O. The molecule has 148 valence electrons. The van der Waals surface area contributed by atoms with Crippen molar-refractivity contribution in [2.24, 2.45) is 28.7 Å². The number of nitrogens with zero attached hydrogens (tertiary/aromatic N) is 2. The van der Waals surface area contributed by atoms with Crippen LogP contribution in [0.15, 0.2) is 41.4 Å². The van der Waals surface area contributed by atoms with Gasteiger partial charge in [-0.3, -0.25) is 14.5 Å². The van der Waals surface area contributed by atoms with Crippen LogP contribution in [0.4, 0.5) is 0 Å². The van der Waals surface area contributed by atoms with Crippen molar-refractivity contribution in [3.05, 3.63) is 47.5 Å². The predicted octanol–water partition coefficient (Wildman–Crippen LogP) is 1.86. The number of hydrogen-bond acceptors (Lipinski definition) is 3. The first kappa shape index (κ1) is 18.7. The second-order valence-electron chi connectivity index (χ2n) is 7.94. The summed E-state index contributed by atoms with van der Waals surface area (Å²) >= 11 is 0. The minimum absolute atomic E-state index is 0.00949. The van der Waals surface area contributed by atoms with Crippen molar-refractivity contribution in [1.29, 1.82) is 0 Å². The molecule has 2 aliphatic carbocycles. The summed E-state index contributed by atoms with van der Waals surface area (Å²) in [5, 5.41) is 6.47. The summed E-state index contributed by atoms with van der Waals surface area (Å²) in [6, 6.07) is 8.30. The molecule has 0 aromatic heterocycles. The number of allylic oxidation sites excluding steroid dienone is 2. The van der Waals surface area contributed by atoms with Crippen molar-refractivity contribution < 1.29 is 9.59 Å². The second-order valence-corrected chi connectivity index (χ2v) is 7.94. The highest BCUT2D eigenvalue weighted by atomic mass is 16.2. The maximum atomic E-state index is 12.7. The van der Waals surface area contributed by atoms with Crippen LogP contribution in [0.3, 0.4) is 0 Å². The van der Waals surface area contributed by atoms with Crippen molar-refractivity contribution in [2.75, 3.05) is 19.6 Å². The number of amides is 2. The van der Waals surface area contributed by atoms with Gasteiger partial charge in [-0.25, -0.2) is 4.99 Å². The number of imide groups is 1. The van der Waals surface area contributed by atoms with Gasteiger partial charge in [-0.2, -0.15) is 0 Å². The lowest BCUT2D eigenvalue weighted by Gasteiger charge is -2.18. The van der Waals surface area contributed by atoms with Gasteiger partial charge in [0.05, 0.1) is 18.4 Å². The van der Waals surface area contributed by atoms with Crippen LogP contribution in [0.1, 0.15) is 24.5 Å². The number of nitrogens with one attached hydrogen (secondary N) is 2. The maximum absolute atomic E-state index is 12.7. The average molecular weight is 380 g/mol. The Kier molecular flexibility index (Phi) is 5.20. The van der Waals surface area contributed by atoms with Gasteiger partial charge in [-0.05, 0) is 37.7 Å². The number of fused-ring (bicyclic) bond motifs is 5. The van der Waals surface area contributed by atoms with Crippen molar-refractivity contribution in [2.45, 2.75) is 26.8 Å². The van der Waals surface area contributed by atoms with Gasteiger partial charge < -0.3 is 10.6 Å². The largest absolute Gasteiger partial charge is 0.357 e. The molecule has 28 heavy (non-hydrogen) atoms. The van der Waals surface area contributed by atoms with E-state index in [0.29, 0.717) is 25.6 Å². The summed E-state index contributed by atoms with van der Waals surface area (Å²) in [4.78, 5) is 31.5. The normalized spacial score (nSPS) is 28.2. The molecule has 3 aliphatic rings. The van der Waals surface area contributed by atoms with E-state index in [1.807, 2.05) is 6.92 Å². The molecule has 2 amide bonds. The van der Waals surface area contributed by atoms with Crippen molar-refractivity contribution >= 4 is 17.8 Å². The van der Waals surface area contributed by atoms with E-state index in [1.165, 1.54) is 10.5 Å². The standard InChI is InChI=1S/C22H28N4O2/c1-3-23-22(25-13-15-6-4-14(2)5-7-15)24-10-11-26-20(27)18-16-8-9-17(12-16)19(18)21(26)28/h4-9,16-19H,3,10-13H2,1-2H3,(H2,23,24,25). The second kappa shape index (κ2) is 7.78. The van der Waals surface area contributed by atoms with E-state index < -0.39 is 0 Å². The molecule has 2 bridgehead atoms. The lowest BCUT2D eigenvalue weighted by Crippen LogP contribution is -2.43. The van der Waals surface area contributed by atoms with Crippen LogP contribution >= 0.6 is 0 Å². The summed E-state index contributed by atoms with van der Waals surface area (Å²) in [5.41, 5.74) is 2.37. The monoisotopic (exact) mass is 380 g/mol. The van der Waals surface area contributed by atoms with E-state index >= 15 is 0 Å². The highest BCUT2D eigenvalue weighted by Gasteiger charge is 2.58. The molecule has 1 aromatic carbocycles. The fourth-order valence-corrected chi connectivity index (χ4v) is 4.68. The first-order valence-corrected chi connectivity index (χ1v) is 10.2. The van der Waals surface area contributed by atoms with Gasteiger partial charge in [0.15, 0.2) is 5.96 Å². The van der Waals surface area contributed by atoms with Crippen LogP contribution < -0.4 is 10.6 Å². The number of benzene rings is 1. The highest BCUT2D eigenvalue weighted by molar-refractivity contribution is 6.06. The first-order valence-electron chi connectivity index (χ1n) is 10.2. The van der Waals surface area contributed by atoms with Crippen LogP contribution in [0.5, 0.6) is 0 Å². The molecule has 4 atom stereocenters. The third-order valence-corrected chi connectivity index (χ3v) is 6.07. The van der Waals surface area contributed by atoms with Crippen LogP contribution in [0, 0.1) is 30.6 Å². The number of rotatable bonds is 6. The Morgan fingerprint density at radius 1 is 1.07 bits per heavy atom. The molecular formula is C22H28N4O2. The molecule has 1 saturated carbocycles. The smallest absolute Gasteiger partial charge is 0.233 e. The summed E-state index contributed by atoms with van der Waals surface area (Å²) in [6.07, 6.45) is 5.22. The van der Waals surface area contributed by atoms with Gasteiger partial charge >= 0.3 is 0 Å². The zero-order valence-electron chi connectivity index (χ0n) is 16.5.